The highest BCUT2D eigenvalue weighted by molar-refractivity contribution is 6.30. The predicted molar refractivity (Wildman–Crippen MR) is 97.5 cm³/mol. The zero-order valence-electron chi connectivity index (χ0n) is 14.6. The number of hydrogen-bond donors (Lipinski definition) is 1. The SMILES string of the molecule is Cc1c(C(C)NC(=O)c2cc(-c3ccc(Cl)cc3)n(C)n2)cnn1C. The molecule has 2 aromatic heterocycles. The second-order valence-corrected chi connectivity index (χ2v) is 6.49. The van der Waals surface area contributed by atoms with E-state index in [1.54, 1.807) is 21.6 Å². The molecule has 0 fully saturated rings. The molecule has 1 aromatic carbocycles. The van der Waals surface area contributed by atoms with Crippen molar-refractivity contribution in [2.24, 2.45) is 14.1 Å². The smallest absolute Gasteiger partial charge is 0.272 e. The molecule has 1 atom stereocenters. The molecule has 0 aliphatic carbocycles. The van der Waals surface area contributed by atoms with Gasteiger partial charge in [-0.25, -0.2) is 0 Å². The average molecular weight is 358 g/mol. The van der Waals surface area contributed by atoms with Gasteiger partial charge < -0.3 is 5.32 Å². The summed E-state index contributed by atoms with van der Waals surface area (Å²) in [6, 6.07) is 9.07. The Morgan fingerprint density at radius 3 is 2.48 bits per heavy atom. The lowest BCUT2D eigenvalue weighted by Gasteiger charge is -2.12. The van der Waals surface area contributed by atoms with Crippen LogP contribution in [0.25, 0.3) is 11.3 Å². The van der Waals surface area contributed by atoms with Crippen LogP contribution in [0, 0.1) is 6.92 Å². The lowest BCUT2D eigenvalue weighted by Crippen LogP contribution is -2.27. The third-order valence-electron chi connectivity index (χ3n) is 4.34. The van der Waals surface area contributed by atoms with Gasteiger partial charge in [0.25, 0.3) is 5.91 Å². The fourth-order valence-corrected chi connectivity index (χ4v) is 2.88. The van der Waals surface area contributed by atoms with E-state index >= 15 is 0 Å². The van der Waals surface area contributed by atoms with Crippen molar-refractivity contribution in [3.8, 4) is 11.3 Å². The van der Waals surface area contributed by atoms with Crippen molar-refractivity contribution in [3.05, 3.63) is 58.5 Å². The largest absolute Gasteiger partial charge is 0.344 e. The van der Waals surface area contributed by atoms with E-state index in [4.69, 9.17) is 11.6 Å². The Kier molecular flexibility index (Phi) is 4.63. The number of nitrogens with zero attached hydrogens (tertiary/aromatic N) is 4. The topological polar surface area (TPSA) is 64.7 Å². The molecule has 1 amide bonds. The monoisotopic (exact) mass is 357 g/mol. The molecule has 0 spiro atoms. The van der Waals surface area contributed by atoms with E-state index in [0.717, 1.165) is 22.5 Å². The highest BCUT2D eigenvalue weighted by atomic mass is 35.5. The van der Waals surface area contributed by atoms with Gasteiger partial charge in [0.15, 0.2) is 5.69 Å². The normalized spacial score (nSPS) is 12.2. The molecule has 2 heterocycles. The molecule has 0 saturated carbocycles. The van der Waals surface area contributed by atoms with E-state index in [1.165, 1.54) is 0 Å². The number of amides is 1. The summed E-state index contributed by atoms with van der Waals surface area (Å²) in [5.41, 5.74) is 4.20. The molecule has 3 rings (SSSR count). The number of hydrogen-bond acceptors (Lipinski definition) is 3. The minimum Gasteiger partial charge on any atom is -0.344 e. The summed E-state index contributed by atoms with van der Waals surface area (Å²) < 4.78 is 3.48. The third kappa shape index (κ3) is 3.44. The Balaban J connectivity index is 1.80. The Morgan fingerprint density at radius 2 is 1.88 bits per heavy atom. The van der Waals surface area contributed by atoms with Crippen molar-refractivity contribution in [1.29, 1.82) is 0 Å². The summed E-state index contributed by atoms with van der Waals surface area (Å²) in [7, 11) is 3.69. The summed E-state index contributed by atoms with van der Waals surface area (Å²) in [6.07, 6.45) is 1.78. The van der Waals surface area contributed by atoms with Crippen LogP contribution in [0.4, 0.5) is 0 Å². The number of rotatable bonds is 4. The van der Waals surface area contributed by atoms with Crippen LogP contribution in [0.1, 0.15) is 34.7 Å². The van der Waals surface area contributed by atoms with Crippen molar-refractivity contribution in [2.45, 2.75) is 19.9 Å². The number of carbonyl (C=O) groups excluding carboxylic acids is 1. The van der Waals surface area contributed by atoms with Crippen molar-refractivity contribution >= 4 is 17.5 Å². The third-order valence-corrected chi connectivity index (χ3v) is 4.59. The highest BCUT2D eigenvalue weighted by Crippen LogP contribution is 2.22. The molecule has 6 nitrogen and oxygen atoms in total. The van der Waals surface area contributed by atoms with Crippen LogP contribution in [0.2, 0.25) is 5.02 Å². The molecule has 7 heteroatoms. The second-order valence-electron chi connectivity index (χ2n) is 6.05. The summed E-state index contributed by atoms with van der Waals surface area (Å²) in [6.45, 7) is 3.91. The zero-order valence-corrected chi connectivity index (χ0v) is 15.4. The Hall–Kier alpha value is -2.60. The van der Waals surface area contributed by atoms with Gasteiger partial charge in [-0.1, -0.05) is 23.7 Å². The van der Waals surface area contributed by atoms with Crippen molar-refractivity contribution in [2.75, 3.05) is 0 Å². The van der Waals surface area contributed by atoms with Gasteiger partial charge in [-0.15, -0.1) is 0 Å². The van der Waals surface area contributed by atoms with Crippen LogP contribution in [0.3, 0.4) is 0 Å². The number of nitrogens with one attached hydrogen (secondary N) is 1. The lowest BCUT2D eigenvalue weighted by atomic mass is 10.1. The van der Waals surface area contributed by atoms with E-state index in [-0.39, 0.29) is 11.9 Å². The molecular weight excluding hydrogens is 338 g/mol. The molecule has 0 aliphatic heterocycles. The van der Waals surface area contributed by atoms with Gasteiger partial charge in [-0.05, 0) is 37.6 Å². The molecule has 3 aromatic rings. The second kappa shape index (κ2) is 6.72. The first-order valence-electron chi connectivity index (χ1n) is 7.96. The number of halogens is 1. The van der Waals surface area contributed by atoms with Crippen molar-refractivity contribution in [3.63, 3.8) is 0 Å². The molecule has 25 heavy (non-hydrogen) atoms. The van der Waals surface area contributed by atoms with E-state index in [1.807, 2.05) is 52.2 Å². The predicted octanol–water partition coefficient (Wildman–Crippen LogP) is 3.27. The molecule has 0 saturated heterocycles. The first-order chi connectivity index (χ1) is 11.9. The van der Waals surface area contributed by atoms with Gasteiger partial charge in [0.1, 0.15) is 0 Å². The summed E-state index contributed by atoms with van der Waals surface area (Å²) in [4.78, 5) is 12.6. The molecular formula is C18H20ClN5O. The molecule has 0 radical (unpaired) electrons. The van der Waals surface area contributed by atoms with Gasteiger partial charge >= 0.3 is 0 Å². The quantitative estimate of drug-likeness (QED) is 0.779. The summed E-state index contributed by atoms with van der Waals surface area (Å²) in [5, 5.41) is 12.2. The lowest BCUT2D eigenvalue weighted by molar-refractivity contribution is 0.0934. The van der Waals surface area contributed by atoms with Crippen LogP contribution in [-0.4, -0.2) is 25.5 Å². The van der Waals surface area contributed by atoms with E-state index in [0.29, 0.717) is 10.7 Å². The molecule has 0 aliphatic rings. The standard InChI is InChI=1S/C18H20ClN5O/c1-11(15-10-20-23(3)12(15)2)21-18(25)16-9-17(24(4)22-16)13-5-7-14(19)8-6-13/h5-11H,1-4H3,(H,21,25). The Morgan fingerprint density at radius 1 is 1.20 bits per heavy atom. The highest BCUT2D eigenvalue weighted by Gasteiger charge is 2.19. The van der Waals surface area contributed by atoms with Crippen LogP contribution in [0.15, 0.2) is 36.5 Å². The molecule has 1 unspecified atom stereocenters. The molecule has 1 N–H and O–H groups in total. The van der Waals surface area contributed by atoms with Gasteiger partial charge in [0.05, 0.1) is 17.9 Å². The maximum absolute atomic E-state index is 12.6. The zero-order chi connectivity index (χ0) is 18.1. The summed E-state index contributed by atoms with van der Waals surface area (Å²) in [5.74, 6) is -0.216. The van der Waals surface area contributed by atoms with E-state index < -0.39 is 0 Å². The van der Waals surface area contributed by atoms with Crippen LogP contribution < -0.4 is 5.32 Å². The van der Waals surface area contributed by atoms with Crippen molar-refractivity contribution < 1.29 is 4.79 Å². The molecule has 0 bridgehead atoms. The fraction of sp³-hybridized carbons (Fsp3) is 0.278. The van der Waals surface area contributed by atoms with Gasteiger partial charge in [-0.3, -0.25) is 14.2 Å². The Bertz CT molecular complexity index is 910. The van der Waals surface area contributed by atoms with E-state index in [9.17, 15) is 4.79 Å². The minimum absolute atomic E-state index is 0.151. The fourth-order valence-electron chi connectivity index (χ4n) is 2.76. The number of carbonyl (C=O) groups is 1. The number of aryl methyl sites for hydroxylation is 2. The van der Waals surface area contributed by atoms with Gasteiger partial charge in [0.2, 0.25) is 0 Å². The van der Waals surface area contributed by atoms with Crippen LogP contribution in [-0.2, 0) is 14.1 Å². The van der Waals surface area contributed by atoms with E-state index in [2.05, 4.69) is 15.5 Å². The van der Waals surface area contributed by atoms with Crippen LogP contribution in [0.5, 0.6) is 0 Å². The first-order valence-corrected chi connectivity index (χ1v) is 8.34. The minimum atomic E-state index is -0.216. The maximum Gasteiger partial charge on any atom is 0.272 e. The summed E-state index contributed by atoms with van der Waals surface area (Å²) >= 11 is 5.93. The maximum atomic E-state index is 12.6. The Labute approximate surface area is 151 Å². The van der Waals surface area contributed by atoms with Crippen molar-refractivity contribution in [1.82, 2.24) is 24.9 Å². The van der Waals surface area contributed by atoms with Gasteiger partial charge in [-0.2, -0.15) is 10.2 Å². The average Bonchev–Trinajstić information content (AvgIpc) is 3.12. The number of benzene rings is 1. The number of aromatic nitrogens is 4. The van der Waals surface area contributed by atoms with Crippen LogP contribution >= 0.6 is 11.6 Å². The molecule has 130 valence electrons. The first kappa shape index (κ1) is 17.2. The van der Waals surface area contributed by atoms with Gasteiger partial charge in [0, 0.05) is 30.4 Å².